The molecular formula is C26H29F3N4O2. The van der Waals surface area contributed by atoms with Crippen LogP contribution in [0.5, 0.6) is 0 Å². The number of rotatable bonds is 7. The second kappa shape index (κ2) is 10.6. The van der Waals surface area contributed by atoms with Crippen molar-refractivity contribution in [2.75, 3.05) is 32.8 Å². The minimum atomic E-state index is -4.37. The zero-order valence-electron chi connectivity index (χ0n) is 19.9. The second-order valence-corrected chi connectivity index (χ2v) is 8.77. The summed E-state index contributed by atoms with van der Waals surface area (Å²) in [6.45, 7) is 5.99. The normalized spacial score (nSPS) is 14.9. The Morgan fingerprint density at radius 2 is 1.71 bits per heavy atom. The van der Waals surface area contributed by atoms with Gasteiger partial charge in [-0.25, -0.2) is 4.68 Å². The molecule has 1 amide bonds. The van der Waals surface area contributed by atoms with Crippen LogP contribution in [0.1, 0.15) is 32.9 Å². The minimum absolute atomic E-state index is 0.119. The van der Waals surface area contributed by atoms with Crippen molar-refractivity contribution >= 4 is 5.91 Å². The molecule has 0 atom stereocenters. The fourth-order valence-corrected chi connectivity index (χ4v) is 4.32. The molecule has 2 heterocycles. The molecule has 0 radical (unpaired) electrons. The Bertz CT molecular complexity index is 1150. The SMILES string of the molecule is Cc1nn(-c2ccccc2)c(C)c1CN1CCN(C(=O)c2cccc(COCC(F)(F)F)c2)CC1. The van der Waals surface area contributed by atoms with Crippen molar-refractivity contribution in [3.63, 3.8) is 0 Å². The molecular weight excluding hydrogens is 457 g/mol. The lowest BCUT2D eigenvalue weighted by Crippen LogP contribution is -2.48. The number of hydrogen-bond donors (Lipinski definition) is 0. The summed E-state index contributed by atoms with van der Waals surface area (Å²) in [5, 5.41) is 4.72. The summed E-state index contributed by atoms with van der Waals surface area (Å²) in [7, 11) is 0. The van der Waals surface area contributed by atoms with E-state index in [4.69, 9.17) is 9.84 Å². The van der Waals surface area contributed by atoms with Crippen molar-refractivity contribution in [2.45, 2.75) is 33.2 Å². The highest BCUT2D eigenvalue weighted by atomic mass is 19.4. The Hall–Kier alpha value is -3.17. The van der Waals surface area contributed by atoms with Crippen LogP contribution in [-0.2, 0) is 17.9 Å². The first kappa shape index (κ1) is 24.9. The molecule has 4 rings (SSSR count). The molecule has 2 aromatic carbocycles. The van der Waals surface area contributed by atoms with E-state index in [-0.39, 0.29) is 12.5 Å². The van der Waals surface area contributed by atoms with E-state index in [1.807, 2.05) is 41.9 Å². The Morgan fingerprint density at radius 3 is 2.40 bits per heavy atom. The van der Waals surface area contributed by atoms with Gasteiger partial charge in [-0.15, -0.1) is 0 Å². The number of carbonyl (C=O) groups is 1. The van der Waals surface area contributed by atoms with Gasteiger partial charge >= 0.3 is 6.18 Å². The minimum Gasteiger partial charge on any atom is -0.367 e. The molecule has 1 aliphatic heterocycles. The van der Waals surface area contributed by atoms with Crippen LogP contribution in [-0.4, -0.2) is 64.4 Å². The predicted molar refractivity (Wildman–Crippen MR) is 126 cm³/mol. The van der Waals surface area contributed by atoms with E-state index in [9.17, 15) is 18.0 Å². The van der Waals surface area contributed by atoms with Gasteiger partial charge in [-0.3, -0.25) is 9.69 Å². The second-order valence-electron chi connectivity index (χ2n) is 8.77. The van der Waals surface area contributed by atoms with Gasteiger partial charge in [-0.05, 0) is 43.7 Å². The monoisotopic (exact) mass is 486 g/mol. The quantitative estimate of drug-likeness (QED) is 0.493. The van der Waals surface area contributed by atoms with E-state index < -0.39 is 12.8 Å². The summed E-state index contributed by atoms with van der Waals surface area (Å²) >= 11 is 0. The fraction of sp³-hybridized carbons (Fsp3) is 0.385. The first-order valence-corrected chi connectivity index (χ1v) is 11.6. The third-order valence-electron chi connectivity index (χ3n) is 6.19. The van der Waals surface area contributed by atoms with Crippen LogP contribution in [0.3, 0.4) is 0 Å². The van der Waals surface area contributed by atoms with Gasteiger partial charge in [0.2, 0.25) is 0 Å². The third kappa shape index (κ3) is 6.29. The Morgan fingerprint density at radius 1 is 1.00 bits per heavy atom. The highest BCUT2D eigenvalue weighted by Crippen LogP contribution is 2.21. The molecule has 1 saturated heterocycles. The maximum Gasteiger partial charge on any atom is 0.411 e. The van der Waals surface area contributed by atoms with Crippen LogP contribution < -0.4 is 0 Å². The topological polar surface area (TPSA) is 50.6 Å². The standard InChI is InChI=1S/C26H29F3N4O2/c1-19-24(20(2)33(30-19)23-9-4-3-5-10-23)16-31-11-13-32(14-12-31)25(34)22-8-6-7-21(15-22)17-35-18-26(27,28)29/h3-10,15H,11-14,16-18H2,1-2H3. The number of benzene rings is 2. The number of hydrogen-bond acceptors (Lipinski definition) is 4. The third-order valence-corrected chi connectivity index (χ3v) is 6.19. The average Bonchev–Trinajstić information content (AvgIpc) is 3.12. The fourth-order valence-electron chi connectivity index (χ4n) is 4.32. The molecule has 3 aromatic rings. The molecule has 0 aliphatic carbocycles. The number of ether oxygens (including phenoxy) is 1. The molecule has 1 aromatic heterocycles. The van der Waals surface area contributed by atoms with Crippen molar-refractivity contribution in [1.82, 2.24) is 19.6 Å². The van der Waals surface area contributed by atoms with Gasteiger partial charge in [-0.1, -0.05) is 30.3 Å². The summed E-state index contributed by atoms with van der Waals surface area (Å²) in [6.07, 6.45) is -4.37. The number of halogens is 3. The van der Waals surface area contributed by atoms with Crippen molar-refractivity contribution in [2.24, 2.45) is 0 Å². The van der Waals surface area contributed by atoms with Crippen LogP contribution in [0, 0.1) is 13.8 Å². The van der Waals surface area contributed by atoms with Gasteiger partial charge in [0.1, 0.15) is 6.61 Å². The van der Waals surface area contributed by atoms with E-state index in [0.29, 0.717) is 24.2 Å². The lowest BCUT2D eigenvalue weighted by molar-refractivity contribution is -0.176. The molecule has 0 saturated carbocycles. The van der Waals surface area contributed by atoms with Crippen LogP contribution in [0.4, 0.5) is 13.2 Å². The zero-order valence-corrected chi connectivity index (χ0v) is 19.9. The summed E-state index contributed by atoms with van der Waals surface area (Å²) in [4.78, 5) is 17.1. The van der Waals surface area contributed by atoms with Crippen LogP contribution in [0.25, 0.3) is 5.69 Å². The van der Waals surface area contributed by atoms with E-state index >= 15 is 0 Å². The summed E-state index contributed by atoms with van der Waals surface area (Å²) in [6, 6.07) is 16.7. The van der Waals surface area contributed by atoms with Gasteiger partial charge < -0.3 is 9.64 Å². The number of amides is 1. The summed E-state index contributed by atoms with van der Waals surface area (Å²) in [5.74, 6) is -0.119. The van der Waals surface area contributed by atoms with Gasteiger partial charge in [0.05, 0.1) is 18.0 Å². The molecule has 35 heavy (non-hydrogen) atoms. The largest absolute Gasteiger partial charge is 0.411 e. The van der Waals surface area contributed by atoms with Crippen molar-refractivity contribution in [3.8, 4) is 5.69 Å². The average molecular weight is 487 g/mol. The molecule has 1 fully saturated rings. The number of aromatic nitrogens is 2. The van der Waals surface area contributed by atoms with Crippen molar-refractivity contribution in [1.29, 1.82) is 0 Å². The first-order chi connectivity index (χ1) is 16.7. The number of para-hydroxylation sites is 1. The maximum absolute atomic E-state index is 13.0. The number of carbonyl (C=O) groups excluding carboxylic acids is 1. The highest BCUT2D eigenvalue weighted by Gasteiger charge is 2.27. The van der Waals surface area contributed by atoms with Gasteiger partial charge in [-0.2, -0.15) is 18.3 Å². The summed E-state index contributed by atoms with van der Waals surface area (Å²) < 4.78 is 43.6. The maximum atomic E-state index is 13.0. The summed E-state index contributed by atoms with van der Waals surface area (Å²) in [5.41, 5.74) is 5.33. The number of nitrogens with zero attached hydrogens (tertiary/aromatic N) is 4. The van der Waals surface area contributed by atoms with Gasteiger partial charge in [0.15, 0.2) is 0 Å². The van der Waals surface area contributed by atoms with E-state index in [0.717, 1.165) is 36.7 Å². The molecule has 6 nitrogen and oxygen atoms in total. The molecule has 9 heteroatoms. The molecule has 1 aliphatic rings. The van der Waals surface area contributed by atoms with E-state index in [2.05, 4.69) is 11.8 Å². The van der Waals surface area contributed by atoms with Crippen molar-refractivity contribution in [3.05, 3.63) is 82.7 Å². The molecule has 0 bridgehead atoms. The van der Waals surface area contributed by atoms with Crippen LogP contribution in [0.2, 0.25) is 0 Å². The Balaban J connectivity index is 1.34. The molecule has 0 unspecified atom stereocenters. The van der Waals surface area contributed by atoms with E-state index in [1.165, 1.54) is 5.56 Å². The number of aryl methyl sites for hydroxylation is 1. The Labute approximate surface area is 202 Å². The van der Waals surface area contributed by atoms with Gasteiger partial charge in [0, 0.05) is 49.5 Å². The van der Waals surface area contributed by atoms with Crippen LogP contribution >= 0.6 is 0 Å². The van der Waals surface area contributed by atoms with Gasteiger partial charge in [0.25, 0.3) is 5.91 Å². The molecule has 0 spiro atoms. The Kier molecular flexibility index (Phi) is 7.57. The number of piperazine rings is 1. The molecule has 0 N–H and O–H groups in total. The lowest BCUT2D eigenvalue weighted by atomic mass is 10.1. The van der Waals surface area contributed by atoms with Crippen LogP contribution in [0.15, 0.2) is 54.6 Å². The predicted octanol–water partition coefficient (Wildman–Crippen LogP) is 4.53. The highest BCUT2D eigenvalue weighted by molar-refractivity contribution is 5.94. The van der Waals surface area contributed by atoms with E-state index in [1.54, 1.807) is 29.2 Å². The number of alkyl halides is 3. The first-order valence-electron chi connectivity index (χ1n) is 11.6. The van der Waals surface area contributed by atoms with Crippen molar-refractivity contribution < 1.29 is 22.7 Å². The molecule has 186 valence electrons. The zero-order chi connectivity index (χ0) is 25.0. The lowest BCUT2D eigenvalue weighted by Gasteiger charge is -2.35. The smallest absolute Gasteiger partial charge is 0.367 e.